The standard InChI is InChI=1S/C10H18N2O2S/c1-4-5-12-6-8(10(13)14-2)11-9(12)7-15-3/h8H,4-7H2,1-3H3. The zero-order valence-electron chi connectivity index (χ0n) is 9.52. The van der Waals surface area contributed by atoms with Gasteiger partial charge in [0.2, 0.25) is 0 Å². The molecule has 0 radical (unpaired) electrons. The summed E-state index contributed by atoms with van der Waals surface area (Å²) < 4.78 is 4.71. The molecule has 0 saturated heterocycles. The van der Waals surface area contributed by atoms with Gasteiger partial charge in [-0.2, -0.15) is 11.8 Å². The van der Waals surface area contributed by atoms with Crippen LogP contribution in [0.5, 0.6) is 0 Å². The number of hydrogen-bond acceptors (Lipinski definition) is 5. The molecule has 1 unspecified atom stereocenters. The molecule has 1 atom stereocenters. The summed E-state index contributed by atoms with van der Waals surface area (Å²) in [6.45, 7) is 3.77. The van der Waals surface area contributed by atoms with Crippen LogP contribution in [0.1, 0.15) is 13.3 Å². The van der Waals surface area contributed by atoms with Crippen LogP contribution >= 0.6 is 11.8 Å². The summed E-state index contributed by atoms with van der Waals surface area (Å²) in [7, 11) is 1.41. The number of aliphatic imine (C=N–C) groups is 1. The molecule has 0 amide bonds. The lowest BCUT2D eigenvalue weighted by atomic mass is 10.3. The van der Waals surface area contributed by atoms with Crippen LogP contribution in [-0.2, 0) is 9.53 Å². The van der Waals surface area contributed by atoms with Gasteiger partial charge in [-0.1, -0.05) is 6.92 Å². The first-order valence-corrected chi connectivity index (χ1v) is 6.50. The third-order valence-electron chi connectivity index (χ3n) is 2.30. The smallest absolute Gasteiger partial charge is 0.332 e. The third kappa shape index (κ3) is 3.12. The SMILES string of the molecule is CCCN1CC(C(=O)OC)N=C1CSC. The number of amidine groups is 1. The largest absolute Gasteiger partial charge is 0.467 e. The molecular formula is C10H18N2O2S. The highest BCUT2D eigenvalue weighted by atomic mass is 32.2. The Morgan fingerprint density at radius 1 is 1.73 bits per heavy atom. The Morgan fingerprint density at radius 3 is 3.00 bits per heavy atom. The van der Waals surface area contributed by atoms with E-state index in [9.17, 15) is 4.79 Å². The molecule has 1 aliphatic rings. The van der Waals surface area contributed by atoms with Crippen LogP contribution in [0.15, 0.2) is 4.99 Å². The Balaban J connectivity index is 2.63. The van der Waals surface area contributed by atoms with Crippen LogP contribution in [0.4, 0.5) is 0 Å². The minimum absolute atomic E-state index is 0.229. The molecular weight excluding hydrogens is 212 g/mol. The fourth-order valence-corrected chi connectivity index (χ4v) is 2.14. The van der Waals surface area contributed by atoms with Crippen molar-refractivity contribution in [3.8, 4) is 0 Å². The van der Waals surface area contributed by atoms with Gasteiger partial charge in [0.15, 0.2) is 6.04 Å². The van der Waals surface area contributed by atoms with E-state index in [1.54, 1.807) is 11.8 Å². The van der Waals surface area contributed by atoms with Gasteiger partial charge in [0.25, 0.3) is 0 Å². The molecule has 0 aromatic heterocycles. The van der Waals surface area contributed by atoms with Crippen molar-refractivity contribution in [1.82, 2.24) is 4.90 Å². The maximum absolute atomic E-state index is 11.4. The fraction of sp³-hybridized carbons (Fsp3) is 0.800. The molecule has 86 valence electrons. The Kier molecular flexibility index (Phi) is 4.94. The average molecular weight is 230 g/mol. The molecule has 0 N–H and O–H groups in total. The highest BCUT2D eigenvalue weighted by Crippen LogP contribution is 2.13. The summed E-state index contributed by atoms with van der Waals surface area (Å²) in [5.74, 6) is 1.67. The van der Waals surface area contributed by atoms with E-state index in [0.29, 0.717) is 6.54 Å². The lowest BCUT2D eigenvalue weighted by Crippen LogP contribution is -2.33. The van der Waals surface area contributed by atoms with Crippen LogP contribution in [0.25, 0.3) is 0 Å². The van der Waals surface area contributed by atoms with Gasteiger partial charge in [-0.05, 0) is 12.7 Å². The van der Waals surface area contributed by atoms with Crippen molar-refractivity contribution in [1.29, 1.82) is 0 Å². The predicted molar refractivity (Wildman–Crippen MR) is 63.5 cm³/mol. The molecule has 1 rings (SSSR count). The molecule has 0 aliphatic carbocycles. The molecule has 0 saturated carbocycles. The monoisotopic (exact) mass is 230 g/mol. The predicted octanol–water partition coefficient (Wildman–Crippen LogP) is 1.02. The van der Waals surface area contributed by atoms with E-state index in [1.165, 1.54) is 7.11 Å². The van der Waals surface area contributed by atoms with E-state index in [-0.39, 0.29) is 12.0 Å². The molecule has 4 nitrogen and oxygen atoms in total. The summed E-state index contributed by atoms with van der Waals surface area (Å²) in [6, 6.07) is -0.316. The number of thioether (sulfide) groups is 1. The Morgan fingerprint density at radius 2 is 2.47 bits per heavy atom. The Hall–Kier alpha value is -0.710. The molecule has 0 aromatic rings. The van der Waals surface area contributed by atoms with Gasteiger partial charge in [-0.25, -0.2) is 4.79 Å². The van der Waals surface area contributed by atoms with Gasteiger partial charge in [0.1, 0.15) is 5.84 Å². The van der Waals surface area contributed by atoms with Gasteiger partial charge in [-0.3, -0.25) is 4.99 Å². The first kappa shape index (κ1) is 12.4. The number of esters is 1. The van der Waals surface area contributed by atoms with Crippen molar-refractivity contribution in [3.63, 3.8) is 0 Å². The minimum Gasteiger partial charge on any atom is -0.467 e. The van der Waals surface area contributed by atoms with Crippen molar-refractivity contribution in [2.24, 2.45) is 4.99 Å². The van der Waals surface area contributed by atoms with E-state index < -0.39 is 0 Å². The lowest BCUT2D eigenvalue weighted by Gasteiger charge is -2.19. The van der Waals surface area contributed by atoms with Gasteiger partial charge in [0, 0.05) is 6.54 Å². The Bertz CT molecular complexity index is 256. The van der Waals surface area contributed by atoms with Crippen LogP contribution in [0.3, 0.4) is 0 Å². The topological polar surface area (TPSA) is 41.9 Å². The maximum Gasteiger partial charge on any atom is 0.332 e. The maximum atomic E-state index is 11.4. The summed E-state index contributed by atoms with van der Waals surface area (Å²) in [5.41, 5.74) is 0. The number of carbonyl (C=O) groups is 1. The summed E-state index contributed by atoms with van der Waals surface area (Å²) in [5, 5.41) is 0. The molecule has 0 spiro atoms. The second kappa shape index (κ2) is 6.00. The summed E-state index contributed by atoms with van der Waals surface area (Å²) in [4.78, 5) is 17.9. The number of hydrogen-bond donors (Lipinski definition) is 0. The van der Waals surface area contributed by atoms with E-state index >= 15 is 0 Å². The number of rotatable bonds is 5. The van der Waals surface area contributed by atoms with Crippen LogP contribution in [0.2, 0.25) is 0 Å². The van der Waals surface area contributed by atoms with Crippen LogP contribution < -0.4 is 0 Å². The van der Waals surface area contributed by atoms with Crippen molar-refractivity contribution in [2.45, 2.75) is 19.4 Å². The van der Waals surface area contributed by atoms with Crippen molar-refractivity contribution in [2.75, 3.05) is 32.2 Å². The Labute approximate surface area is 95.1 Å². The highest BCUT2D eigenvalue weighted by Gasteiger charge is 2.29. The first-order valence-electron chi connectivity index (χ1n) is 5.11. The van der Waals surface area contributed by atoms with Gasteiger partial charge in [-0.15, -0.1) is 0 Å². The third-order valence-corrected chi connectivity index (χ3v) is 2.85. The zero-order valence-corrected chi connectivity index (χ0v) is 10.3. The quantitative estimate of drug-likeness (QED) is 0.661. The molecule has 1 heterocycles. The molecule has 15 heavy (non-hydrogen) atoms. The molecule has 5 heteroatoms. The molecule has 0 fully saturated rings. The van der Waals surface area contributed by atoms with Gasteiger partial charge >= 0.3 is 5.97 Å². The van der Waals surface area contributed by atoms with Crippen LogP contribution in [-0.4, -0.2) is 55.0 Å². The zero-order chi connectivity index (χ0) is 11.3. The second-order valence-electron chi connectivity index (χ2n) is 3.46. The van der Waals surface area contributed by atoms with E-state index in [2.05, 4.69) is 16.8 Å². The number of nitrogens with zero attached hydrogens (tertiary/aromatic N) is 2. The number of ether oxygens (including phenoxy) is 1. The number of carbonyl (C=O) groups excluding carboxylic acids is 1. The van der Waals surface area contributed by atoms with Crippen molar-refractivity contribution < 1.29 is 9.53 Å². The van der Waals surface area contributed by atoms with Crippen LogP contribution in [0, 0.1) is 0 Å². The lowest BCUT2D eigenvalue weighted by molar-refractivity contribution is -0.141. The van der Waals surface area contributed by atoms with Crippen molar-refractivity contribution >= 4 is 23.6 Å². The van der Waals surface area contributed by atoms with E-state index in [1.807, 2.05) is 6.26 Å². The summed E-state index contributed by atoms with van der Waals surface area (Å²) >= 11 is 1.73. The first-order chi connectivity index (χ1) is 7.22. The number of methoxy groups -OCH3 is 1. The highest BCUT2D eigenvalue weighted by molar-refractivity contribution is 7.99. The van der Waals surface area contributed by atoms with Gasteiger partial charge in [0.05, 0.1) is 19.4 Å². The minimum atomic E-state index is -0.316. The average Bonchev–Trinajstić information content (AvgIpc) is 2.62. The molecule has 0 bridgehead atoms. The van der Waals surface area contributed by atoms with Gasteiger partial charge < -0.3 is 9.64 Å². The fourth-order valence-electron chi connectivity index (χ4n) is 1.63. The van der Waals surface area contributed by atoms with E-state index in [4.69, 9.17) is 4.74 Å². The summed E-state index contributed by atoms with van der Waals surface area (Å²) in [6.07, 6.45) is 3.11. The van der Waals surface area contributed by atoms with Crippen molar-refractivity contribution in [3.05, 3.63) is 0 Å². The second-order valence-corrected chi connectivity index (χ2v) is 4.33. The normalized spacial score (nSPS) is 20.3. The molecule has 0 aromatic carbocycles. The van der Waals surface area contributed by atoms with E-state index in [0.717, 1.165) is 24.6 Å². The molecule has 1 aliphatic heterocycles.